The molecule has 0 spiro atoms. The summed E-state index contributed by atoms with van der Waals surface area (Å²) in [6.07, 6.45) is 17.6. The maximum atomic E-state index is 12.1. The van der Waals surface area contributed by atoms with Crippen LogP contribution in [0.25, 0.3) is 0 Å². The first-order valence-electron chi connectivity index (χ1n) is 13.0. The van der Waals surface area contributed by atoms with E-state index < -0.39 is 5.60 Å². The van der Waals surface area contributed by atoms with Gasteiger partial charge in [-0.3, -0.25) is 4.79 Å². The maximum Gasteiger partial charge on any atom is 0.157 e. The summed E-state index contributed by atoms with van der Waals surface area (Å²) in [5.41, 5.74) is 0.230. The molecule has 5 heteroatoms. The zero-order valence-corrected chi connectivity index (χ0v) is 19.4. The number of epoxide rings is 1. The molecule has 0 radical (unpaired) electrons. The smallest absolute Gasteiger partial charge is 0.157 e. The number of hydrogen-bond acceptors (Lipinski definition) is 5. The molecule has 0 bridgehead atoms. The molecule has 0 amide bonds. The van der Waals surface area contributed by atoms with Crippen LogP contribution < -0.4 is 0 Å². The molecule has 5 fully saturated rings. The molecule has 0 aromatic rings. The summed E-state index contributed by atoms with van der Waals surface area (Å²) in [6.45, 7) is 3.53. The Bertz CT molecular complexity index is 843. The van der Waals surface area contributed by atoms with Crippen LogP contribution in [0.4, 0.5) is 0 Å². The summed E-state index contributed by atoms with van der Waals surface area (Å²) in [5.74, 6) is 1.35. The predicted molar refractivity (Wildman–Crippen MR) is 120 cm³/mol. The van der Waals surface area contributed by atoms with E-state index in [1.54, 1.807) is 0 Å². The summed E-state index contributed by atoms with van der Waals surface area (Å²) >= 11 is 0. The molecule has 1 unspecified atom stereocenters. The minimum absolute atomic E-state index is 0.0950. The molecule has 4 aliphatic carbocycles. The van der Waals surface area contributed by atoms with E-state index in [2.05, 4.69) is 19.1 Å². The second kappa shape index (κ2) is 7.49. The van der Waals surface area contributed by atoms with Crippen molar-refractivity contribution in [1.82, 2.24) is 0 Å². The van der Waals surface area contributed by atoms with Crippen molar-refractivity contribution >= 4 is 5.78 Å². The number of fused-ring (bicyclic) bond motifs is 3. The van der Waals surface area contributed by atoms with Crippen LogP contribution in [0.1, 0.15) is 84.0 Å². The second-order valence-electron chi connectivity index (χ2n) is 11.3. The largest absolute Gasteiger partial charge is 0.385 e. The lowest BCUT2D eigenvalue weighted by molar-refractivity contribution is -0.155. The van der Waals surface area contributed by atoms with Crippen LogP contribution in [0.15, 0.2) is 23.8 Å². The molecule has 5 nitrogen and oxygen atoms in total. The summed E-state index contributed by atoms with van der Waals surface area (Å²) in [5, 5.41) is 11.9. The third-order valence-electron chi connectivity index (χ3n) is 10.1. The number of hydrogen-bond donors (Lipinski definition) is 1. The van der Waals surface area contributed by atoms with Crippen molar-refractivity contribution in [3.8, 4) is 0 Å². The second-order valence-corrected chi connectivity index (χ2v) is 11.3. The fourth-order valence-electron chi connectivity index (χ4n) is 8.51. The average Bonchev–Trinajstić information content (AvgIpc) is 3.41. The first kappa shape index (κ1) is 21.5. The van der Waals surface area contributed by atoms with Crippen molar-refractivity contribution in [3.05, 3.63) is 23.8 Å². The Morgan fingerprint density at radius 3 is 2.94 bits per heavy atom. The summed E-state index contributed by atoms with van der Waals surface area (Å²) < 4.78 is 18.0. The number of allylic oxidation sites excluding steroid dienone is 1. The molecule has 3 saturated carbocycles. The Labute approximate surface area is 191 Å². The third-order valence-corrected chi connectivity index (χ3v) is 10.1. The van der Waals surface area contributed by atoms with Crippen LogP contribution in [0.3, 0.4) is 0 Å². The molecule has 176 valence electrons. The van der Waals surface area contributed by atoms with Crippen molar-refractivity contribution in [2.75, 3.05) is 13.2 Å². The van der Waals surface area contributed by atoms with Crippen molar-refractivity contribution < 1.29 is 24.1 Å². The van der Waals surface area contributed by atoms with Gasteiger partial charge in [0.1, 0.15) is 17.0 Å². The van der Waals surface area contributed by atoms with Gasteiger partial charge in [0.15, 0.2) is 6.29 Å². The average molecular weight is 443 g/mol. The van der Waals surface area contributed by atoms with E-state index in [1.807, 2.05) is 6.08 Å². The Morgan fingerprint density at radius 1 is 1.22 bits per heavy atom. The van der Waals surface area contributed by atoms with Crippen molar-refractivity contribution in [3.63, 3.8) is 0 Å². The van der Waals surface area contributed by atoms with E-state index in [1.165, 1.54) is 5.57 Å². The molecule has 6 rings (SSSR count). The Kier molecular flexibility index (Phi) is 5.04. The van der Waals surface area contributed by atoms with E-state index in [0.717, 1.165) is 70.8 Å². The van der Waals surface area contributed by atoms with Gasteiger partial charge in [-0.2, -0.15) is 0 Å². The first-order chi connectivity index (χ1) is 15.5. The van der Waals surface area contributed by atoms with Crippen molar-refractivity contribution in [1.29, 1.82) is 0 Å². The number of aliphatic hydroxyl groups is 1. The maximum absolute atomic E-state index is 12.1. The highest BCUT2D eigenvalue weighted by Crippen LogP contribution is 2.73. The minimum Gasteiger partial charge on any atom is -0.385 e. The van der Waals surface area contributed by atoms with Gasteiger partial charge in [-0.15, -0.1) is 0 Å². The molecule has 0 aromatic heterocycles. The quantitative estimate of drug-likeness (QED) is 0.497. The van der Waals surface area contributed by atoms with Gasteiger partial charge in [0.2, 0.25) is 0 Å². The Morgan fingerprint density at radius 2 is 2.12 bits per heavy atom. The molecule has 1 N–H and O–H groups in total. The monoisotopic (exact) mass is 442 g/mol. The normalized spacial score (nSPS) is 49.8. The molecule has 0 aromatic carbocycles. The fraction of sp³-hybridized carbons (Fsp3) is 0.815. The topological polar surface area (TPSA) is 68.3 Å². The molecule has 2 aliphatic heterocycles. The molecule has 2 heterocycles. The van der Waals surface area contributed by atoms with E-state index in [4.69, 9.17) is 14.2 Å². The molecule has 6 aliphatic rings. The summed E-state index contributed by atoms with van der Waals surface area (Å²) in [7, 11) is 0. The Balaban J connectivity index is 1.21. The Hall–Kier alpha value is -1.01. The van der Waals surface area contributed by atoms with Gasteiger partial charge in [0.25, 0.3) is 0 Å². The number of ether oxygens (including phenoxy) is 3. The lowest BCUT2D eigenvalue weighted by Gasteiger charge is -2.52. The van der Waals surface area contributed by atoms with Crippen LogP contribution in [0.2, 0.25) is 0 Å². The van der Waals surface area contributed by atoms with Crippen LogP contribution in [-0.2, 0) is 19.0 Å². The highest BCUT2D eigenvalue weighted by molar-refractivity contribution is 5.83. The van der Waals surface area contributed by atoms with Gasteiger partial charge in [0, 0.05) is 24.9 Å². The van der Waals surface area contributed by atoms with Gasteiger partial charge >= 0.3 is 0 Å². The van der Waals surface area contributed by atoms with Crippen LogP contribution in [0.5, 0.6) is 0 Å². The van der Waals surface area contributed by atoms with Gasteiger partial charge < -0.3 is 19.3 Å². The van der Waals surface area contributed by atoms with Crippen LogP contribution >= 0.6 is 0 Å². The van der Waals surface area contributed by atoms with Gasteiger partial charge in [-0.25, -0.2) is 0 Å². The standard InChI is InChI=1S/C27H38O5/c1-2-24-12-9-22-20(8-14-26-18-19(28)7-15-27(22,26)32-26)21(24)10-13-25(24,29)11-5-17-31-23-6-3-4-16-30-23/h5,9,11,20-21,23,29H,2-4,6-8,10,12-18H2,1H3/t20-,21-,23?,24-,25-,26+,27+/m0/s1. The van der Waals surface area contributed by atoms with Crippen molar-refractivity contribution in [2.24, 2.45) is 17.3 Å². The van der Waals surface area contributed by atoms with E-state index in [-0.39, 0.29) is 22.9 Å². The highest BCUT2D eigenvalue weighted by Gasteiger charge is 2.77. The predicted octanol–water partition coefficient (Wildman–Crippen LogP) is 4.62. The summed E-state index contributed by atoms with van der Waals surface area (Å²) in [6, 6.07) is 0. The van der Waals surface area contributed by atoms with E-state index in [9.17, 15) is 9.90 Å². The molecule has 7 atom stereocenters. The van der Waals surface area contributed by atoms with Crippen LogP contribution in [-0.4, -0.2) is 47.2 Å². The van der Waals surface area contributed by atoms with Crippen LogP contribution in [0, 0.1) is 17.3 Å². The SMILES string of the molecule is CC[C@]12CC=C3[C@@H](CC[C@@]45CC(=O)CC[C@@]34O5)[C@@H]1CC[C@@]2(O)C=CCOC1CCCCO1. The van der Waals surface area contributed by atoms with E-state index in [0.29, 0.717) is 37.1 Å². The molecular formula is C27H38O5. The number of rotatable bonds is 5. The minimum atomic E-state index is -0.787. The lowest BCUT2D eigenvalue weighted by Crippen LogP contribution is -2.52. The number of carbonyl (C=O) groups excluding carboxylic acids is 1. The van der Waals surface area contributed by atoms with Gasteiger partial charge in [-0.1, -0.05) is 25.2 Å². The highest BCUT2D eigenvalue weighted by atomic mass is 16.7. The fourth-order valence-corrected chi connectivity index (χ4v) is 8.51. The number of ketones is 1. The summed E-state index contributed by atoms with van der Waals surface area (Å²) in [4.78, 5) is 12.1. The number of carbonyl (C=O) groups is 1. The lowest BCUT2D eigenvalue weighted by atomic mass is 9.52. The zero-order valence-electron chi connectivity index (χ0n) is 19.4. The molecular weight excluding hydrogens is 404 g/mol. The zero-order chi connectivity index (χ0) is 22.0. The van der Waals surface area contributed by atoms with Gasteiger partial charge in [-0.05, 0) is 81.6 Å². The number of Topliss-reactive ketones (excluding diaryl/α,β-unsaturated/α-hetero) is 1. The van der Waals surface area contributed by atoms with E-state index >= 15 is 0 Å². The van der Waals surface area contributed by atoms with Crippen molar-refractivity contribution in [2.45, 2.75) is 107 Å². The van der Waals surface area contributed by atoms with Gasteiger partial charge in [0.05, 0.1) is 12.2 Å². The first-order valence-corrected chi connectivity index (χ1v) is 13.0. The third kappa shape index (κ3) is 2.87. The molecule has 2 saturated heterocycles. The molecule has 32 heavy (non-hydrogen) atoms.